The zero-order valence-corrected chi connectivity index (χ0v) is 21.9. The third-order valence-corrected chi connectivity index (χ3v) is 7.48. The number of para-hydroxylation sites is 1. The van der Waals surface area contributed by atoms with Gasteiger partial charge in [0.2, 0.25) is 0 Å². The molecule has 4 N–H and O–H groups in total. The van der Waals surface area contributed by atoms with E-state index < -0.39 is 54.8 Å². The lowest BCUT2D eigenvalue weighted by Gasteiger charge is -2.25. The maximum absolute atomic E-state index is 13.6. The molecule has 1 saturated heterocycles. The molecule has 36 heavy (non-hydrogen) atoms. The molecule has 2 unspecified atom stereocenters. The SMILES string of the molecule is CCCOC(=O)[C@H](C)NP(=O)(OCC1O[C@@H](n2ccc(N)nc2=O)C(Cl)(Cl)[C@H]1O)Oc1ccccc1. The van der Waals surface area contributed by atoms with E-state index in [0.29, 0.717) is 6.42 Å². The largest absolute Gasteiger partial charge is 0.465 e. The van der Waals surface area contributed by atoms with Gasteiger partial charge >= 0.3 is 19.4 Å². The number of nitrogens with one attached hydrogen (secondary N) is 1. The molecule has 1 aliphatic heterocycles. The Labute approximate surface area is 217 Å². The van der Waals surface area contributed by atoms with Crippen molar-refractivity contribution in [2.24, 2.45) is 0 Å². The van der Waals surface area contributed by atoms with Crippen LogP contribution in [0.4, 0.5) is 5.82 Å². The summed E-state index contributed by atoms with van der Waals surface area (Å²) in [5.41, 5.74) is 4.70. The van der Waals surface area contributed by atoms with Crippen molar-refractivity contribution in [3.05, 3.63) is 53.1 Å². The Morgan fingerprint density at radius 2 is 2.06 bits per heavy atom. The Kier molecular flexibility index (Phi) is 9.39. The maximum atomic E-state index is 13.6. The number of carbonyl (C=O) groups is 1. The van der Waals surface area contributed by atoms with Crippen molar-refractivity contribution in [3.8, 4) is 5.75 Å². The van der Waals surface area contributed by atoms with Crippen LogP contribution in [-0.2, 0) is 23.4 Å². The van der Waals surface area contributed by atoms with E-state index >= 15 is 0 Å². The molecule has 5 atom stereocenters. The zero-order chi connectivity index (χ0) is 26.5. The van der Waals surface area contributed by atoms with Crippen LogP contribution in [0.25, 0.3) is 0 Å². The number of aliphatic hydroxyl groups excluding tert-OH is 1. The van der Waals surface area contributed by atoms with Crippen molar-refractivity contribution in [2.75, 3.05) is 18.9 Å². The number of nitrogens with zero attached hydrogens (tertiary/aromatic N) is 2. The first-order chi connectivity index (χ1) is 17.0. The number of ether oxygens (including phenoxy) is 2. The van der Waals surface area contributed by atoms with Gasteiger partial charge in [-0.25, -0.2) is 9.36 Å². The third kappa shape index (κ3) is 6.77. The van der Waals surface area contributed by atoms with Gasteiger partial charge in [-0.05, 0) is 31.5 Å². The first-order valence-corrected chi connectivity index (χ1v) is 13.3. The van der Waals surface area contributed by atoms with Crippen LogP contribution in [0, 0.1) is 0 Å². The fraction of sp³-hybridized carbons (Fsp3) is 0.476. The van der Waals surface area contributed by atoms with E-state index in [-0.39, 0.29) is 18.2 Å². The molecule has 0 bridgehead atoms. The Hall–Kier alpha value is -2.18. The lowest BCUT2D eigenvalue weighted by Crippen LogP contribution is -2.40. The molecule has 0 saturated carbocycles. The molecule has 1 aromatic heterocycles. The van der Waals surface area contributed by atoms with Gasteiger partial charge in [-0.3, -0.25) is 13.9 Å². The molecule has 0 aliphatic carbocycles. The lowest BCUT2D eigenvalue weighted by molar-refractivity contribution is -0.145. The summed E-state index contributed by atoms with van der Waals surface area (Å²) in [7, 11) is -4.24. The molecule has 15 heteroatoms. The number of anilines is 1. The van der Waals surface area contributed by atoms with Gasteiger partial charge in [0.1, 0.15) is 29.8 Å². The van der Waals surface area contributed by atoms with Crippen molar-refractivity contribution < 1.29 is 33.0 Å². The van der Waals surface area contributed by atoms with Crippen LogP contribution in [0.5, 0.6) is 5.75 Å². The molecular formula is C21H27Cl2N4O8P. The van der Waals surface area contributed by atoms with Gasteiger partial charge in [0.25, 0.3) is 0 Å². The number of alkyl halides is 2. The number of halogens is 2. The zero-order valence-electron chi connectivity index (χ0n) is 19.5. The van der Waals surface area contributed by atoms with Crippen molar-refractivity contribution >= 4 is 42.7 Å². The highest BCUT2D eigenvalue weighted by atomic mass is 35.5. The van der Waals surface area contributed by atoms with Crippen LogP contribution in [-0.4, -0.2) is 56.4 Å². The minimum Gasteiger partial charge on any atom is -0.465 e. The van der Waals surface area contributed by atoms with Crippen molar-refractivity contribution in [3.63, 3.8) is 0 Å². The first-order valence-electron chi connectivity index (χ1n) is 11.0. The molecule has 1 aliphatic rings. The predicted octanol–water partition coefficient (Wildman–Crippen LogP) is 2.39. The monoisotopic (exact) mass is 564 g/mol. The van der Waals surface area contributed by atoms with Gasteiger partial charge in [0, 0.05) is 6.20 Å². The minimum absolute atomic E-state index is 0.0268. The molecule has 0 amide bonds. The highest BCUT2D eigenvalue weighted by molar-refractivity contribution is 7.52. The second-order valence-corrected chi connectivity index (χ2v) is 11.0. The summed E-state index contributed by atoms with van der Waals surface area (Å²) in [4.78, 5) is 28.1. The third-order valence-electron chi connectivity index (χ3n) is 5.01. The molecule has 2 aromatic rings. The van der Waals surface area contributed by atoms with E-state index in [0.717, 1.165) is 4.57 Å². The number of rotatable bonds is 11. The number of carbonyl (C=O) groups excluding carboxylic acids is 1. The number of nitrogen functional groups attached to an aromatic ring is 1. The van der Waals surface area contributed by atoms with E-state index in [1.54, 1.807) is 18.2 Å². The van der Waals surface area contributed by atoms with Gasteiger partial charge < -0.3 is 24.8 Å². The van der Waals surface area contributed by atoms with Crippen LogP contribution in [0.15, 0.2) is 47.4 Å². The van der Waals surface area contributed by atoms with Crippen molar-refractivity contribution in [1.29, 1.82) is 0 Å². The predicted molar refractivity (Wildman–Crippen MR) is 132 cm³/mol. The van der Waals surface area contributed by atoms with Gasteiger partial charge in [0.15, 0.2) is 10.6 Å². The topological polar surface area (TPSA) is 164 Å². The normalized spacial score (nSPS) is 23.5. The number of aromatic nitrogens is 2. The number of benzene rings is 1. The number of aliphatic hydroxyl groups is 1. The van der Waals surface area contributed by atoms with Gasteiger partial charge in [-0.15, -0.1) is 0 Å². The number of hydrogen-bond donors (Lipinski definition) is 3. The Balaban J connectivity index is 1.78. The highest BCUT2D eigenvalue weighted by Gasteiger charge is 2.56. The summed E-state index contributed by atoms with van der Waals surface area (Å²) in [6.07, 6.45) is -2.32. The number of hydrogen-bond acceptors (Lipinski definition) is 10. The second-order valence-electron chi connectivity index (χ2n) is 7.90. The molecule has 3 rings (SSSR count). The highest BCUT2D eigenvalue weighted by Crippen LogP contribution is 2.49. The summed E-state index contributed by atoms with van der Waals surface area (Å²) in [6.45, 7) is 2.92. The molecule has 0 spiro atoms. The number of nitrogens with two attached hydrogens (primary N) is 1. The van der Waals surface area contributed by atoms with Crippen LogP contribution < -0.4 is 21.0 Å². The lowest BCUT2D eigenvalue weighted by atomic mass is 10.2. The average molecular weight is 565 g/mol. The van der Waals surface area contributed by atoms with Crippen LogP contribution in [0.3, 0.4) is 0 Å². The summed E-state index contributed by atoms with van der Waals surface area (Å²) in [5, 5.41) is 13.2. The smallest absolute Gasteiger partial charge is 0.459 e. The second kappa shape index (κ2) is 11.9. The quantitative estimate of drug-likeness (QED) is 0.208. The van der Waals surface area contributed by atoms with E-state index in [1.165, 1.54) is 31.3 Å². The van der Waals surface area contributed by atoms with Crippen molar-refractivity contribution in [2.45, 2.75) is 49.1 Å². The fourth-order valence-electron chi connectivity index (χ4n) is 3.21. The molecule has 0 radical (unpaired) electrons. The standard InChI is InChI=1S/C21H27Cl2N4O8P/c1-3-11-32-18(29)13(2)26-36(31,35-14-7-5-4-6-8-14)33-12-15-17(28)21(22,23)19(34-15)27-10-9-16(24)25-20(27)30/h4-10,13,15,17,19,28H,3,11-12H2,1-2H3,(H,26,31)(H2,24,25,30)/t13-,15?,17-,19+,36?/m0/s1. The summed E-state index contributed by atoms with van der Waals surface area (Å²) in [5.74, 6) is -0.497. The van der Waals surface area contributed by atoms with E-state index in [1.807, 2.05) is 6.92 Å². The summed E-state index contributed by atoms with van der Waals surface area (Å²) in [6, 6.07) is 8.38. The van der Waals surface area contributed by atoms with E-state index in [2.05, 4.69) is 10.1 Å². The molecule has 1 aromatic carbocycles. The van der Waals surface area contributed by atoms with Gasteiger partial charge in [0.05, 0.1) is 13.2 Å². The average Bonchev–Trinajstić information content (AvgIpc) is 3.05. The van der Waals surface area contributed by atoms with Crippen LogP contribution in [0.1, 0.15) is 26.5 Å². The Morgan fingerprint density at radius 3 is 2.69 bits per heavy atom. The van der Waals surface area contributed by atoms with Gasteiger partial charge in [-0.2, -0.15) is 10.1 Å². The van der Waals surface area contributed by atoms with Crippen LogP contribution >= 0.6 is 30.9 Å². The molecule has 198 valence electrons. The molecule has 12 nitrogen and oxygen atoms in total. The molecular weight excluding hydrogens is 538 g/mol. The maximum Gasteiger partial charge on any atom is 0.459 e. The fourth-order valence-corrected chi connectivity index (χ4v) is 5.31. The number of esters is 1. The van der Waals surface area contributed by atoms with Crippen LogP contribution in [0.2, 0.25) is 0 Å². The van der Waals surface area contributed by atoms with E-state index in [9.17, 15) is 19.3 Å². The Bertz CT molecular complexity index is 1150. The Morgan fingerprint density at radius 1 is 1.36 bits per heavy atom. The first kappa shape index (κ1) is 28.4. The summed E-state index contributed by atoms with van der Waals surface area (Å²) < 4.78 is 34.4. The molecule has 1 fully saturated rings. The summed E-state index contributed by atoms with van der Waals surface area (Å²) >= 11 is 12.6. The van der Waals surface area contributed by atoms with E-state index in [4.69, 9.17) is 47.5 Å². The minimum atomic E-state index is -4.24. The molecule has 2 heterocycles. The van der Waals surface area contributed by atoms with Gasteiger partial charge in [-0.1, -0.05) is 48.3 Å². The van der Waals surface area contributed by atoms with Crippen molar-refractivity contribution in [1.82, 2.24) is 14.6 Å².